The van der Waals surface area contributed by atoms with Crippen LogP contribution < -0.4 is 5.32 Å². The van der Waals surface area contributed by atoms with Crippen LogP contribution in [0.1, 0.15) is 26.7 Å². The highest BCUT2D eigenvalue weighted by atomic mass is 15.3. The van der Waals surface area contributed by atoms with Crippen molar-refractivity contribution in [2.24, 2.45) is 5.92 Å². The molecule has 2 rings (SSSR count). The molecule has 2 unspecified atom stereocenters. The van der Waals surface area contributed by atoms with E-state index in [2.05, 4.69) is 29.0 Å². The van der Waals surface area contributed by atoms with E-state index in [4.69, 9.17) is 0 Å². The zero-order valence-corrected chi connectivity index (χ0v) is 10.9. The van der Waals surface area contributed by atoms with Crippen LogP contribution in [0.2, 0.25) is 0 Å². The van der Waals surface area contributed by atoms with Crippen LogP contribution >= 0.6 is 0 Å². The van der Waals surface area contributed by atoms with Gasteiger partial charge < -0.3 is 10.2 Å². The van der Waals surface area contributed by atoms with Gasteiger partial charge in [0.25, 0.3) is 0 Å². The summed E-state index contributed by atoms with van der Waals surface area (Å²) in [5.41, 5.74) is 0. The van der Waals surface area contributed by atoms with E-state index in [1.54, 1.807) is 0 Å². The van der Waals surface area contributed by atoms with E-state index < -0.39 is 0 Å². The van der Waals surface area contributed by atoms with Crippen molar-refractivity contribution in [3.8, 4) is 0 Å². The lowest BCUT2D eigenvalue weighted by Crippen LogP contribution is -2.51. The van der Waals surface area contributed by atoms with Crippen LogP contribution in [0, 0.1) is 5.92 Å². The topological polar surface area (TPSA) is 18.5 Å². The third-order valence-corrected chi connectivity index (χ3v) is 3.98. The predicted octanol–water partition coefficient (Wildman–Crippen LogP) is 1.01. The van der Waals surface area contributed by atoms with E-state index in [0.29, 0.717) is 0 Å². The first kappa shape index (κ1) is 12.3. The Morgan fingerprint density at radius 3 is 3.00 bits per heavy atom. The van der Waals surface area contributed by atoms with Crippen molar-refractivity contribution in [1.29, 1.82) is 0 Å². The molecule has 0 spiro atoms. The smallest absolute Gasteiger partial charge is 0.0224 e. The molecule has 94 valence electrons. The normalized spacial score (nSPS) is 29.2. The highest BCUT2D eigenvalue weighted by molar-refractivity contribution is 4.87. The Bertz CT molecular complexity index is 207. The number of piperazine rings is 1. The van der Waals surface area contributed by atoms with Crippen LogP contribution in [0.3, 0.4) is 0 Å². The molecule has 2 fully saturated rings. The van der Waals surface area contributed by atoms with E-state index in [-0.39, 0.29) is 0 Å². The number of rotatable bonds is 5. The van der Waals surface area contributed by atoms with Crippen molar-refractivity contribution in [2.45, 2.75) is 32.7 Å². The number of fused-ring (bicyclic) bond motifs is 1. The van der Waals surface area contributed by atoms with Crippen molar-refractivity contribution < 1.29 is 0 Å². The van der Waals surface area contributed by atoms with Gasteiger partial charge in [0.1, 0.15) is 0 Å². The van der Waals surface area contributed by atoms with Crippen LogP contribution in [0.5, 0.6) is 0 Å². The second-order valence-corrected chi connectivity index (χ2v) is 5.50. The van der Waals surface area contributed by atoms with Crippen molar-refractivity contribution in [1.82, 2.24) is 15.1 Å². The minimum Gasteiger partial charge on any atom is -0.317 e. The van der Waals surface area contributed by atoms with Crippen LogP contribution in [0.15, 0.2) is 0 Å². The van der Waals surface area contributed by atoms with E-state index in [1.807, 2.05) is 0 Å². The molecule has 0 radical (unpaired) electrons. The van der Waals surface area contributed by atoms with E-state index in [9.17, 15) is 0 Å². The molecule has 0 saturated carbocycles. The van der Waals surface area contributed by atoms with E-state index in [1.165, 1.54) is 52.1 Å². The molecule has 2 heterocycles. The first-order valence-electron chi connectivity index (χ1n) is 6.96. The average Bonchev–Trinajstić information content (AvgIpc) is 2.73. The number of nitrogens with one attached hydrogen (secondary N) is 1. The molecule has 0 amide bonds. The number of nitrogens with zero attached hydrogens (tertiary/aromatic N) is 2. The van der Waals surface area contributed by atoms with Crippen molar-refractivity contribution in [3.63, 3.8) is 0 Å². The molecule has 2 saturated heterocycles. The van der Waals surface area contributed by atoms with Gasteiger partial charge in [0.15, 0.2) is 0 Å². The summed E-state index contributed by atoms with van der Waals surface area (Å²) >= 11 is 0. The van der Waals surface area contributed by atoms with Crippen molar-refractivity contribution in [3.05, 3.63) is 0 Å². The van der Waals surface area contributed by atoms with Gasteiger partial charge in [-0.2, -0.15) is 0 Å². The Kier molecular flexibility index (Phi) is 4.62. The Hall–Kier alpha value is -0.120. The Labute approximate surface area is 100 Å². The van der Waals surface area contributed by atoms with Crippen LogP contribution in [0.25, 0.3) is 0 Å². The van der Waals surface area contributed by atoms with Gasteiger partial charge in [-0.25, -0.2) is 0 Å². The van der Waals surface area contributed by atoms with Gasteiger partial charge in [-0.05, 0) is 38.4 Å². The zero-order valence-electron chi connectivity index (χ0n) is 10.9. The number of hydrogen-bond acceptors (Lipinski definition) is 3. The van der Waals surface area contributed by atoms with Crippen LogP contribution in [-0.4, -0.2) is 61.7 Å². The summed E-state index contributed by atoms with van der Waals surface area (Å²) in [6.45, 7) is 13.3. The highest BCUT2D eigenvalue weighted by Crippen LogP contribution is 2.21. The molecule has 0 aromatic rings. The molecular weight excluding hydrogens is 198 g/mol. The van der Waals surface area contributed by atoms with Gasteiger partial charge in [0, 0.05) is 32.2 Å². The molecule has 16 heavy (non-hydrogen) atoms. The highest BCUT2D eigenvalue weighted by Gasteiger charge is 2.30. The predicted molar refractivity (Wildman–Crippen MR) is 68.7 cm³/mol. The Balaban J connectivity index is 1.70. The minimum atomic E-state index is 0.785. The molecule has 2 atom stereocenters. The zero-order chi connectivity index (χ0) is 11.4. The lowest BCUT2D eigenvalue weighted by molar-refractivity contribution is 0.0937. The first-order chi connectivity index (χ1) is 7.79. The SMILES string of the molecule is CCNCC(C)CN1CCN2CCCC2C1. The molecule has 0 aromatic carbocycles. The van der Waals surface area contributed by atoms with Gasteiger partial charge in [-0.3, -0.25) is 4.90 Å². The standard InChI is InChI=1S/C13H27N3/c1-3-14-9-12(2)10-15-7-8-16-6-4-5-13(16)11-15/h12-14H,3-11H2,1-2H3. The summed E-state index contributed by atoms with van der Waals surface area (Å²) < 4.78 is 0. The van der Waals surface area contributed by atoms with Crippen molar-refractivity contribution in [2.75, 3.05) is 45.8 Å². The largest absolute Gasteiger partial charge is 0.317 e. The maximum absolute atomic E-state index is 3.45. The maximum atomic E-state index is 3.45. The Morgan fingerprint density at radius 1 is 1.31 bits per heavy atom. The fourth-order valence-electron chi connectivity index (χ4n) is 3.12. The second kappa shape index (κ2) is 5.99. The third-order valence-electron chi connectivity index (χ3n) is 3.98. The molecule has 0 aromatic heterocycles. The van der Waals surface area contributed by atoms with Gasteiger partial charge in [-0.1, -0.05) is 13.8 Å². The quantitative estimate of drug-likeness (QED) is 0.753. The molecule has 2 aliphatic rings. The summed E-state index contributed by atoms with van der Waals surface area (Å²) in [6, 6.07) is 0.875. The van der Waals surface area contributed by atoms with Gasteiger partial charge >= 0.3 is 0 Å². The monoisotopic (exact) mass is 225 g/mol. The van der Waals surface area contributed by atoms with Crippen LogP contribution in [0.4, 0.5) is 0 Å². The molecule has 3 heteroatoms. The van der Waals surface area contributed by atoms with Gasteiger partial charge in [0.2, 0.25) is 0 Å². The van der Waals surface area contributed by atoms with E-state index >= 15 is 0 Å². The molecule has 3 nitrogen and oxygen atoms in total. The number of hydrogen-bond donors (Lipinski definition) is 1. The third kappa shape index (κ3) is 3.19. The first-order valence-corrected chi connectivity index (χ1v) is 6.96. The summed E-state index contributed by atoms with van der Waals surface area (Å²) in [6.07, 6.45) is 2.85. The lowest BCUT2D eigenvalue weighted by atomic mass is 10.1. The molecule has 2 aliphatic heterocycles. The molecule has 0 bridgehead atoms. The fraction of sp³-hybridized carbons (Fsp3) is 1.00. The van der Waals surface area contributed by atoms with E-state index in [0.717, 1.165) is 18.5 Å². The summed E-state index contributed by atoms with van der Waals surface area (Å²) in [5, 5.41) is 3.45. The maximum Gasteiger partial charge on any atom is 0.0224 e. The van der Waals surface area contributed by atoms with Crippen molar-refractivity contribution >= 4 is 0 Å². The van der Waals surface area contributed by atoms with Crippen LogP contribution in [-0.2, 0) is 0 Å². The minimum absolute atomic E-state index is 0.785. The average molecular weight is 225 g/mol. The molecule has 0 aliphatic carbocycles. The Morgan fingerprint density at radius 2 is 2.19 bits per heavy atom. The fourth-order valence-corrected chi connectivity index (χ4v) is 3.12. The molecular formula is C13H27N3. The molecule has 1 N–H and O–H groups in total. The second-order valence-electron chi connectivity index (χ2n) is 5.50. The van der Waals surface area contributed by atoms with Gasteiger partial charge in [-0.15, -0.1) is 0 Å². The summed E-state index contributed by atoms with van der Waals surface area (Å²) in [7, 11) is 0. The lowest BCUT2D eigenvalue weighted by Gasteiger charge is -2.38. The summed E-state index contributed by atoms with van der Waals surface area (Å²) in [5.74, 6) is 0.785. The summed E-state index contributed by atoms with van der Waals surface area (Å²) in [4.78, 5) is 5.36. The van der Waals surface area contributed by atoms with Gasteiger partial charge in [0.05, 0.1) is 0 Å².